The number of hydrogen-bond acceptors (Lipinski definition) is 2. The summed E-state index contributed by atoms with van der Waals surface area (Å²) in [5, 5.41) is 1.92. The molecule has 0 fully saturated rings. The van der Waals surface area contributed by atoms with Crippen LogP contribution in [-0.4, -0.2) is 11.6 Å². The van der Waals surface area contributed by atoms with Crippen LogP contribution in [0.1, 0.15) is 53.2 Å². The van der Waals surface area contributed by atoms with Gasteiger partial charge >= 0.3 is 5.97 Å². The summed E-state index contributed by atoms with van der Waals surface area (Å²) in [5.74, 6) is -0.0486. The van der Waals surface area contributed by atoms with Gasteiger partial charge in [-0.05, 0) is 60.2 Å². The van der Waals surface area contributed by atoms with Gasteiger partial charge in [0.1, 0.15) is 5.60 Å². The summed E-state index contributed by atoms with van der Waals surface area (Å²) >= 11 is 0. The SMILES string of the molecule is C=Cc1cccc2c(C(=O)OC(C)(C)C3CCc4ccccc43)cccc12. The molecular formula is C25H24O2. The second-order valence-electron chi connectivity index (χ2n) is 7.74. The van der Waals surface area contributed by atoms with Crippen molar-refractivity contribution in [2.24, 2.45) is 0 Å². The smallest absolute Gasteiger partial charge is 0.339 e. The molecule has 27 heavy (non-hydrogen) atoms. The van der Waals surface area contributed by atoms with Gasteiger partial charge in [0.05, 0.1) is 5.56 Å². The summed E-state index contributed by atoms with van der Waals surface area (Å²) in [5.41, 5.74) is 3.73. The summed E-state index contributed by atoms with van der Waals surface area (Å²) in [6, 6.07) is 20.2. The highest BCUT2D eigenvalue weighted by Gasteiger charge is 2.38. The Morgan fingerprint density at radius 3 is 2.59 bits per heavy atom. The summed E-state index contributed by atoms with van der Waals surface area (Å²) in [6.45, 7) is 7.92. The molecule has 3 aromatic rings. The first-order chi connectivity index (χ1) is 13.0. The highest BCUT2D eigenvalue weighted by molar-refractivity contribution is 6.06. The Morgan fingerprint density at radius 2 is 1.78 bits per heavy atom. The lowest BCUT2D eigenvalue weighted by Crippen LogP contribution is -2.34. The Morgan fingerprint density at radius 1 is 1.04 bits per heavy atom. The molecular weight excluding hydrogens is 332 g/mol. The maximum absolute atomic E-state index is 13.1. The van der Waals surface area contributed by atoms with Crippen molar-refractivity contribution >= 4 is 22.8 Å². The van der Waals surface area contributed by atoms with Crippen LogP contribution in [0.15, 0.2) is 67.2 Å². The van der Waals surface area contributed by atoms with Crippen molar-refractivity contribution in [2.75, 3.05) is 0 Å². The van der Waals surface area contributed by atoms with E-state index >= 15 is 0 Å². The molecule has 0 bridgehead atoms. The minimum atomic E-state index is -0.568. The molecule has 4 rings (SSSR count). The van der Waals surface area contributed by atoms with Gasteiger partial charge in [-0.2, -0.15) is 0 Å². The molecule has 1 unspecified atom stereocenters. The van der Waals surface area contributed by atoms with Crippen molar-refractivity contribution in [3.63, 3.8) is 0 Å². The molecule has 0 radical (unpaired) electrons. The average Bonchev–Trinajstić information content (AvgIpc) is 3.11. The zero-order valence-corrected chi connectivity index (χ0v) is 15.9. The number of esters is 1. The second-order valence-corrected chi connectivity index (χ2v) is 7.74. The third kappa shape index (κ3) is 3.06. The minimum Gasteiger partial charge on any atom is -0.455 e. The lowest BCUT2D eigenvalue weighted by Gasteiger charge is -2.32. The molecule has 0 aliphatic heterocycles. The highest BCUT2D eigenvalue weighted by atomic mass is 16.6. The van der Waals surface area contributed by atoms with Crippen molar-refractivity contribution < 1.29 is 9.53 Å². The summed E-state index contributed by atoms with van der Waals surface area (Å²) < 4.78 is 6.08. The molecule has 2 nitrogen and oxygen atoms in total. The van der Waals surface area contributed by atoms with E-state index in [1.807, 2.05) is 56.3 Å². The Balaban J connectivity index is 1.67. The van der Waals surface area contributed by atoms with Crippen LogP contribution in [0.3, 0.4) is 0 Å². The number of rotatable bonds is 4. The fourth-order valence-corrected chi connectivity index (χ4v) is 4.33. The first-order valence-corrected chi connectivity index (χ1v) is 9.46. The Bertz CT molecular complexity index is 1030. The van der Waals surface area contributed by atoms with Gasteiger partial charge in [-0.25, -0.2) is 4.79 Å². The van der Waals surface area contributed by atoms with Crippen LogP contribution in [0, 0.1) is 0 Å². The minimum absolute atomic E-state index is 0.219. The van der Waals surface area contributed by atoms with Crippen molar-refractivity contribution in [1.29, 1.82) is 0 Å². The molecule has 0 saturated carbocycles. The van der Waals surface area contributed by atoms with E-state index in [9.17, 15) is 4.79 Å². The van der Waals surface area contributed by atoms with Gasteiger partial charge < -0.3 is 4.74 Å². The number of aryl methyl sites for hydroxylation is 1. The van der Waals surface area contributed by atoms with Gasteiger partial charge in [-0.3, -0.25) is 0 Å². The molecule has 1 aliphatic rings. The molecule has 136 valence electrons. The van der Waals surface area contributed by atoms with E-state index in [1.54, 1.807) is 0 Å². The van der Waals surface area contributed by atoms with E-state index in [-0.39, 0.29) is 11.9 Å². The van der Waals surface area contributed by atoms with Crippen LogP contribution in [-0.2, 0) is 11.2 Å². The van der Waals surface area contributed by atoms with Crippen LogP contribution >= 0.6 is 0 Å². The molecule has 0 saturated heterocycles. The van der Waals surface area contributed by atoms with Crippen LogP contribution in [0.25, 0.3) is 16.8 Å². The van der Waals surface area contributed by atoms with E-state index in [0.717, 1.165) is 29.2 Å². The van der Waals surface area contributed by atoms with Crippen LogP contribution in [0.5, 0.6) is 0 Å². The number of benzene rings is 3. The first-order valence-electron chi connectivity index (χ1n) is 9.46. The topological polar surface area (TPSA) is 26.3 Å². The monoisotopic (exact) mass is 356 g/mol. The first kappa shape index (κ1) is 17.5. The van der Waals surface area contributed by atoms with E-state index in [0.29, 0.717) is 5.56 Å². The zero-order valence-electron chi connectivity index (χ0n) is 15.9. The van der Waals surface area contributed by atoms with Gasteiger partial charge in [-0.15, -0.1) is 0 Å². The standard InChI is InChI=1S/C25H24O2/c1-4-17-10-7-13-21-19(17)12-8-14-22(21)24(26)27-25(2,3)23-16-15-18-9-5-6-11-20(18)23/h4-14,23H,1,15-16H2,2-3H3. The Labute approximate surface area is 160 Å². The zero-order chi connectivity index (χ0) is 19.0. The van der Waals surface area contributed by atoms with Gasteiger partial charge in [0.15, 0.2) is 0 Å². The highest BCUT2D eigenvalue weighted by Crippen LogP contribution is 2.42. The van der Waals surface area contributed by atoms with E-state index < -0.39 is 5.60 Å². The number of fused-ring (bicyclic) bond motifs is 2. The van der Waals surface area contributed by atoms with Crippen molar-refractivity contribution in [1.82, 2.24) is 0 Å². The summed E-state index contributed by atoms with van der Waals surface area (Å²) in [7, 11) is 0. The van der Waals surface area contributed by atoms with Crippen molar-refractivity contribution in [3.8, 4) is 0 Å². The van der Waals surface area contributed by atoms with Gasteiger partial charge in [0.2, 0.25) is 0 Å². The fourth-order valence-electron chi connectivity index (χ4n) is 4.33. The van der Waals surface area contributed by atoms with Crippen molar-refractivity contribution in [3.05, 3.63) is 89.5 Å². The van der Waals surface area contributed by atoms with E-state index in [4.69, 9.17) is 4.74 Å². The number of hydrogen-bond donors (Lipinski definition) is 0. The normalized spacial score (nSPS) is 16.1. The maximum atomic E-state index is 13.1. The summed E-state index contributed by atoms with van der Waals surface area (Å²) in [4.78, 5) is 13.1. The predicted molar refractivity (Wildman–Crippen MR) is 111 cm³/mol. The Kier molecular flexibility index (Phi) is 4.35. The Hall–Kier alpha value is -2.87. The van der Waals surface area contributed by atoms with Gasteiger partial charge in [0, 0.05) is 5.92 Å². The van der Waals surface area contributed by atoms with Gasteiger partial charge in [0.25, 0.3) is 0 Å². The van der Waals surface area contributed by atoms with Crippen LogP contribution in [0.2, 0.25) is 0 Å². The molecule has 0 N–H and O–H groups in total. The van der Waals surface area contributed by atoms with Gasteiger partial charge in [-0.1, -0.05) is 67.3 Å². The van der Waals surface area contributed by atoms with E-state index in [1.165, 1.54) is 11.1 Å². The second kappa shape index (κ2) is 6.70. The largest absolute Gasteiger partial charge is 0.455 e. The lowest BCUT2D eigenvalue weighted by molar-refractivity contribution is -0.0132. The van der Waals surface area contributed by atoms with Crippen LogP contribution in [0.4, 0.5) is 0 Å². The quantitative estimate of drug-likeness (QED) is 0.524. The van der Waals surface area contributed by atoms with Crippen molar-refractivity contribution in [2.45, 2.75) is 38.2 Å². The molecule has 0 heterocycles. The molecule has 0 spiro atoms. The third-order valence-corrected chi connectivity index (χ3v) is 5.72. The number of ether oxygens (including phenoxy) is 1. The van der Waals surface area contributed by atoms with Crippen LogP contribution < -0.4 is 0 Å². The predicted octanol–water partition coefficient (Wildman–Crippen LogP) is 6.15. The molecule has 3 aromatic carbocycles. The van der Waals surface area contributed by atoms with E-state index in [2.05, 4.69) is 30.8 Å². The lowest BCUT2D eigenvalue weighted by atomic mass is 9.85. The molecule has 0 aromatic heterocycles. The molecule has 1 atom stereocenters. The fraction of sp³-hybridized carbons (Fsp3) is 0.240. The third-order valence-electron chi connectivity index (χ3n) is 5.72. The molecule has 0 amide bonds. The number of carbonyl (C=O) groups is 1. The summed E-state index contributed by atoms with van der Waals surface area (Å²) in [6.07, 6.45) is 3.87. The number of carbonyl (C=O) groups excluding carboxylic acids is 1. The maximum Gasteiger partial charge on any atom is 0.339 e. The molecule has 1 aliphatic carbocycles. The molecule has 2 heteroatoms. The average molecular weight is 356 g/mol.